The van der Waals surface area contributed by atoms with E-state index in [0.29, 0.717) is 34.8 Å². The molecule has 10 nitrogen and oxygen atoms in total. The van der Waals surface area contributed by atoms with Gasteiger partial charge in [-0.3, -0.25) is 4.79 Å². The zero-order valence-electron chi connectivity index (χ0n) is 21.4. The second-order valence-electron chi connectivity index (χ2n) is 10.3. The van der Waals surface area contributed by atoms with Gasteiger partial charge >= 0.3 is 5.97 Å². The number of hydrogen-bond acceptors (Lipinski definition) is 9. The fraction of sp³-hybridized carbons (Fsp3) is 0.500. The van der Waals surface area contributed by atoms with Crippen LogP contribution in [0.1, 0.15) is 17.5 Å². The van der Waals surface area contributed by atoms with E-state index in [1.807, 2.05) is 18.2 Å². The van der Waals surface area contributed by atoms with Crippen LogP contribution in [0.2, 0.25) is 5.02 Å². The van der Waals surface area contributed by atoms with Crippen LogP contribution in [-0.2, 0) is 27.5 Å². The van der Waals surface area contributed by atoms with Crippen LogP contribution in [-0.4, -0.2) is 79.2 Å². The summed E-state index contributed by atoms with van der Waals surface area (Å²) in [6, 6.07) is 3.74. The van der Waals surface area contributed by atoms with Crippen LogP contribution < -0.4 is 15.4 Å². The molecular formula is C26H32ClN5O5S. The fourth-order valence-electron chi connectivity index (χ4n) is 5.75. The molecule has 204 valence electrons. The van der Waals surface area contributed by atoms with Crippen molar-refractivity contribution in [3.63, 3.8) is 0 Å². The van der Waals surface area contributed by atoms with Crippen molar-refractivity contribution >= 4 is 44.9 Å². The Hall–Kier alpha value is -2.89. The van der Waals surface area contributed by atoms with Crippen molar-refractivity contribution in [2.24, 2.45) is 17.8 Å². The molecule has 2 aromatic rings. The number of carbonyl (C=O) groups is 1. The summed E-state index contributed by atoms with van der Waals surface area (Å²) in [6.07, 6.45) is 9.20. The summed E-state index contributed by atoms with van der Waals surface area (Å²) < 4.78 is 28.8. The van der Waals surface area contributed by atoms with Crippen LogP contribution in [0.15, 0.2) is 30.5 Å². The van der Waals surface area contributed by atoms with Gasteiger partial charge in [0.1, 0.15) is 20.6 Å². The summed E-state index contributed by atoms with van der Waals surface area (Å²) in [5, 5.41) is 16.6. The summed E-state index contributed by atoms with van der Waals surface area (Å²) in [4.78, 5) is 23.0. The molecule has 3 N–H and O–H groups in total. The minimum absolute atomic E-state index is 0.0133. The number of nitrogens with zero attached hydrogens (tertiary/aromatic N) is 3. The predicted molar refractivity (Wildman–Crippen MR) is 146 cm³/mol. The maximum Gasteiger partial charge on any atom is 0.309 e. The van der Waals surface area contributed by atoms with E-state index in [-0.39, 0.29) is 23.6 Å². The van der Waals surface area contributed by atoms with Crippen LogP contribution >= 0.6 is 11.6 Å². The van der Waals surface area contributed by atoms with Gasteiger partial charge in [0.2, 0.25) is 5.95 Å². The molecule has 38 heavy (non-hydrogen) atoms. The highest BCUT2D eigenvalue weighted by molar-refractivity contribution is 7.90. The summed E-state index contributed by atoms with van der Waals surface area (Å²) in [6.45, 7) is 2.07. The van der Waals surface area contributed by atoms with Gasteiger partial charge in [0.25, 0.3) is 0 Å². The van der Waals surface area contributed by atoms with Gasteiger partial charge in [-0.2, -0.15) is 4.98 Å². The first kappa shape index (κ1) is 26.7. The summed E-state index contributed by atoms with van der Waals surface area (Å²) in [5.74, 6) is 0.257. The number of halogens is 1. The molecule has 4 atom stereocenters. The average Bonchev–Trinajstić information content (AvgIpc) is 3.41. The maximum atomic E-state index is 11.9. The number of allylic oxidation sites excluding steroid dienone is 1. The molecule has 1 aromatic carbocycles. The lowest BCUT2D eigenvalue weighted by Crippen LogP contribution is -2.38. The van der Waals surface area contributed by atoms with Crippen molar-refractivity contribution in [3.05, 3.63) is 46.6 Å². The Bertz CT molecular complexity index is 1370. The molecule has 1 fully saturated rings. The first-order valence-corrected chi connectivity index (χ1v) is 15.1. The van der Waals surface area contributed by atoms with Crippen molar-refractivity contribution in [1.82, 2.24) is 14.9 Å². The summed E-state index contributed by atoms with van der Waals surface area (Å²) in [5.41, 5.74) is 3.02. The molecule has 1 aromatic heterocycles. The third-order valence-corrected chi connectivity index (χ3v) is 8.93. The fourth-order valence-corrected chi connectivity index (χ4v) is 6.48. The molecule has 0 amide bonds. The first-order valence-electron chi connectivity index (χ1n) is 12.7. The minimum atomic E-state index is -3.01. The molecule has 2 bridgehead atoms. The van der Waals surface area contributed by atoms with Gasteiger partial charge < -0.3 is 25.4 Å². The number of methoxy groups -OCH3 is 1. The molecule has 2 aliphatic carbocycles. The van der Waals surface area contributed by atoms with Crippen molar-refractivity contribution in [2.45, 2.75) is 25.3 Å². The average molecular weight is 562 g/mol. The number of nitrogens with one attached hydrogen (secondary N) is 2. The van der Waals surface area contributed by atoms with Gasteiger partial charge in [0.15, 0.2) is 5.82 Å². The van der Waals surface area contributed by atoms with Gasteiger partial charge in [0.05, 0.1) is 30.7 Å². The van der Waals surface area contributed by atoms with Crippen molar-refractivity contribution in [1.29, 1.82) is 0 Å². The lowest BCUT2D eigenvalue weighted by Gasteiger charge is -2.26. The lowest BCUT2D eigenvalue weighted by molar-refractivity contribution is -0.142. The number of fused-ring (bicyclic) bond motifs is 3. The van der Waals surface area contributed by atoms with Gasteiger partial charge in [-0.1, -0.05) is 23.8 Å². The van der Waals surface area contributed by atoms with Crippen LogP contribution in [0, 0.1) is 17.8 Å². The van der Waals surface area contributed by atoms with E-state index in [0.717, 1.165) is 43.5 Å². The molecule has 0 spiro atoms. The van der Waals surface area contributed by atoms with Crippen LogP contribution in [0.5, 0.6) is 5.75 Å². The normalized spacial score (nSPS) is 24.6. The highest BCUT2D eigenvalue weighted by Gasteiger charge is 2.48. The second kappa shape index (κ2) is 10.7. The molecule has 3 aliphatic rings. The van der Waals surface area contributed by atoms with Crippen LogP contribution in [0.3, 0.4) is 0 Å². The highest BCUT2D eigenvalue weighted by Crippen LogP contribution is 2.45. The molecule has 1 aliphatic heterocycles. The summed E-state index contributed by atoms with van der Waals surface area (Å²) >= 11 is 6.40. The maximum absolute atomic E-state index is 11.9. The number of hydrogen-bond donors (Lipinski definition) is 3. The predicted octanol–water partition coefficient (Wildman–Crippen LogP) is 3.01. The van der Waals surface area contributed by atoms with E-state index in [2.05, 4.69) is 31.6 Å². The highest BCUT2D eigenvalue weighted by atomic mass is 35.5. The van der Waals surface area contributed by atoms with E-state index in [9.17, 15) is 18.3 Å². The number of carboxylic acid groups (broad SMARTS) is 1. The number of benzene rings is 1. The van der Waals surface area contributed by atoms with E-state index in [4.69, 9.17) is 16.3 Å². The molecule has 0 radical (unpaired) electrons. The largest absolute Gasteiger partial charge is 0.495 e. The number of carboxylic acids is 1. The third kappa shape index (κ3) is 5.74. The number of sulfone groups is 1. The number of ether oxygens (including phenoxy) is 1. The Morgan fingerprint density at radius 3 is 2.61 bits per heavy atom. The van der Waals surface area contributed by atoms with Gasteiger partial charge in [-0.25, -0.2) is 13.4 Å². The second-order valence-corrected chi connectivity index (χ2v) is 13.0. The SMILES string of the molecule is COc1cc2c(cc1Nc1ncc(Cl)c(N[C@H]3[C@@H](C(=O)O)[C@@H]4C=C[C@H]3C4)n1)CCN(CCS(C)(=O)=O)CC2. The molecule has 0 unspecified atom stereocenters. The van der Waals surface area contributed by atoms with E-state index in [1.165, 1.54) is 12.5 Å². The molecular weight excluding hydrogens is 530 g/mol. The Morgan fingerprint density at radius 2 is 1.92 bits per heavy atom. The molecule has 1 saturated carbocycles. The van der Waals surface area contributed by atoms with Crippen molar-refractivity contribution < 1.29 is 23.1 Å². The number of anilines is 3. The molecule has 2 heterocycles. The molecule has 12 heteroatoms. The quantitative estimate of drug-likeness (QED) is 0.392. The molecule has 5 rings (SSSR count). The first-order chi connectivity index (χ1) is 18.1. The summed E-state index contributed by atoms with van der Waals surface area (Å²) in [7, 11) is -1.41. The Balaban J connectivity index is 1.33. The Morgan fingerprint density at radius 1 is 1.21 bits per heavy atom. The van der Waals surface area contributed by atoms with Gasteiger partial charge in [-0.05, 0) is 54.4 Å². The zero-order valence-corrected chi connectivity index (χ0v) is 22.9. The minimum Gasteiger partial charge on any atom is -0.495 e. The van der Waals surface area contributed by atoms with E-state index in [1.54, 1.807) is 7.11 Å². The van der Waals surface area contributed by atoms with Gasteiger partial charge in [-0.15, -0.1) is 0 Å². The monoisotopic (exact) mass is 561 g/mol. The zero-order chi connectivity index (χ0) is 27.0. The third-order valence-electron chi connectivity index (χ3n) is 7.73. The molecule has 0 saturated heterocycles. The van der Waals surface area contributed by atoms with Gasteiger partial charge in [0, 0.05) is 31.9 Å². The van der Waals surface area contributed by atoms with E-state index < -0.39 is 21.7 Å². The van der Waals surface area contributed by atoms with E-state index >= 15 is 0 Å². The van der Waals surface area contributed by atoms with Crippen molar-refractivity contribution in [3.8, 4) is 5.75 Å². The van der Waals surface area contributed by atoms with Crippen molar-refractivity contribution in [2.75, 3.05) is 49.4 Å². The van der Waals surface area contributed by atoms with Crippen LogP contribution in [0.25, 0.3) is 0 Å². The lowest BCUT2D eigenvalue weighted by atomic mass is 9.89. The Kier molecular flexibility index (Phi) is 7.52. The Labute approximate surface area is 227 Å². The number of aliphatic carboxylic acids is 1. The van der Waals surface area contributed by atoms with Crippen LogP contribution in [0.4, 0.5) is 17.5 Å². The topological polar surface area (TPSA) is 134 Å². The number of aromatic nitrogens is 2. The standard InChI is InChI=1S/C26H32ClN5O5S/c1-37-21-13-16-6-8-32(9-10-38(2,35)36)7-5-15(16)12-20(21)29-26-28-14-19(27)24(31-26)30-23-18-4-3-17(11-18)22(23)25(33)34/h3-4,12-14,17-18,22-23H,5-11H2,1-2H3,(H,33,34)(H2,28,29,30,31)/t17-,18+,22+,23-/m1/s1. The number of rotatable bonds is 9. The smallest absolute Gasteiger partial charge is 0.309 e.